The molecule has 4 aromatic rings. The number of hydrogen-bond acceptors (Lipinski definition) is 14. The molecule has 17 heteroatoms. The molecule has 6 rings (SSSR count). The predicted molar refractivity (Wildman–Crippen MR) is 162 cm³/mol. The summed E-state index contributed by atoms with van der Waals surface area (Å²) in [6.07, 6.45) is 2.41. The van der Waals surface area contributed by atoms with E-state index in [2.05, 4.69) is 31.2 Å². The quantitative estimate of drug-likeness (QED) is 0.107. The number of aliphatic carboxylic acids is 1. The van der Waals surface area contributed by atoms with Crippen LogP contribution in [-0.4, -0.2) is 94.8 Å². The molecule has 15 nitrogen and oxygen atoms in total. The van der Waals surface area contributed by atoms with E-state index < -0.39 is 48.6 Å². The number of anilines is 2. The number of nitrogens with two attached hydrogens (primary N) is 1. The maximum absolute atomic E-state index is 13.0. The number of carboxylic acids is 1. The van der Waals surface area contributed by atoms with Gasteiger partial charge in [-0.25, -0.2) is 14.8 Å². The first-order valence-corrected chi connectivity index (χ1v) is 15.1. The summed E-state index contributed by atoms with van der Waals surface area (Å²) >= 11 is 7.17. The molecule has 3 aromatic heterocycles. The number of carbonyl (C=O) groups is 1. The van der Waals surface area contributed by atoms with E-state index in [4.69, 9.17) is 33.2 Å². The van der Waals surface area contributed by atoms with Crippen molar-refractivity contribution in [3.63, 3.8) is 0 Å². The second-order valence-corrected chi connectivity index (χ2v) is 11.7. The minimum absolute atomic E-state index is 0.00496. The van der Waals surface area contributed by atoms with Crippen LogP contribution in [0.15, 0.2) is 41.5 Å². The highest BCUT2D eigenvalue weighted by atomic mass is 35.5. The first kappa shape index (κ1) is 31.1. The van der Waals surface area contributed by atoms with Crippen LogP contribution in [0.1, 0.15) is 23.9 Å². The molecule has 2 aliphatic heterocycles. The largest absolute Gasteiger partial charge is 0.479 e. The third-order valence-corrected chi connectivity index (χ3v) is 8.79. The van der Waals surface area contributed by atoms with E-state index in [9.17, 15) is 25.2 Å². The Bertz CT molecular complexity index is 1740. The second-order valence-electron chi connectivity index (χ2n) is 10.7. The predicted octanol–water partition coefficient (Wildman–Crippen LogP) is 0.456. The molecule has 0 radical (unpaired) electrons. The Morgan fingerprint density at radius 1 is 1.31 bits per heavy atom. The Labute approximate surface area is 265 Å². The van der Waals surface area contributed by atoms with Crippen LogP contribution >= 0.6 is 22.9 Å². The third kappa shape index (κ3) is 5.47. The van der Waals surface area contributed by atoms with Crippen LogP contribution < -0.4 is 16.0 Å². The van der Waals surface area contributed by atoms with Crippen molar-refractivity contribution in [3.8, 4) is 12.3 Å². The zero-order valence-corrected chi connectivity index (χ0v) is 25.1. The van der Waals surface area contributed by atoms with E-state index in [1.807, 2.05) is 0 Å². The smallest absolute Gasteiger partial charge is 0.342 e. The van der Waals surface area contributed by atoms with Crippen molar-refractivity contribution in [2.45, 2.75) is 48.8 Å². The van der Waals surface area contributed by atoms with Crippen LogP contribution in [0.4, 0.5) is 11.5 Å². The topological polar surface area (TPSA) is 214 Å². The Morgan fingerprint density at radius 2 is 2.09 bits per heavy atom. The van der Waals surface area contributed by atoms with E-state index in [0.29, 0.717) is 18.7 Å². The van der Waals surface area contributed by atoms with Crippen molar-refractivity contribution >= 4 is 51.6 Å². The molecule has 0 aliphatic carbocycles. The summed E-state index contributed by atoms with van der Waals surface area (Å²) in [5.74, 6) is 0.843. The number of thiazole rings is 1. The number of nitrogens with one attached hydrogen (secondary N) is 1. The van der Waals surface area contributed by atoms with Gasteiger partial charge in [-0.1, -0.05) is 18.1 Å². The molecule has 6 atom stereocenters. The van der Waals surface area contributed by atoms with Gasteiger partial charge in [0.2, 0.25) is 10.9 Å². The summed E-state index contributed by atoms with van der Waals surface area (Å²) in [5, 5.41) is 47.9. The molecular weight excluding hydrogens is 628 g/mol. The fraction of sp³-hybridized carbons (Fsp3) is 0.393. The van der Waals surface area contributed by atoms with Gasteiger partial charge in [-0.05, 0) is 35.7 Å². The Hall–Kier alpha value is -3.92. The average molecular weight is 657 g/mol. The second kappa shape index (κ2) is 12.1. The first-order valence-electron chi connectivity index (χ1n) is 13.8. The molecule has 5 heterocycles. The Kier molecular flexibility index (Phi) is 8.37. The molecule has 236 valence electrons. The van der Waals surface area contributed by atoms with E-state index in [1.54, 1.807) is 34.5 Å². The number of aromatic nitrogens is 5. The van der Waals surface area contributed by atoms with E-state index >= 15 is 0 Å². The van der Waals surface area contributed by atoms with Crippen LogP contribution in [0.2, 0.25) is 5.28 Å². The fourth-order valence-corrected chi connectivity index (χ4v) is 6.37. The number of halogens is 1. The highest BCUT2D eigenvalue weighted by molar-refractivity contribution is 7.07. The number of hydrogen-bond donors (Lipinski definition) is 6. The lowest BCUT2D eigenvalue weighted by Crippen LogP contribution is -2.51. The van der Waals surface area contributed by atoms with Gasteiger partial charge in [0, 0.05) is 30.6 Å². The van der Waals surface area contributed by atoms with Gasteiger partial charge < -0.3 is 40.5 Å². The minimum Gasteiger partial charge on any atom is -0.479 e. The van der Waals surface area contributed by atoms with Crippen LogP contribution in [0.3, 0.4) is 0 Å². The molecule has 0 spiro atoms. The number of nitrogens with zero attached hydrogens (tertiary/aromatic N) is 6. The number of imidazole rings is 1. The molecule has 2 unspecified atom stereocenters. The molecule has 0 saturated carbocycles. The van der Waals surface area contributed by atoms with Crippen molar-refractivity contribution in [2.24, 2.45) is 0 Å². The van der Waals surface area contributed by atoms with Crippen molar-refractivity contribution in [1.29, 1.82) is 0 Å². The average Bonchev–Trinajstić information content (AvgIpc) is 3.76. The SMILES string of the molecule is C#C[C@@]1(O)[C@@H](COC(Cc2ccc(N3CCCNC3O)cc2)(C(=O)O)c2cscn2)O[C@@H](n2cnc3c(N)nc(Cl)nc32)[C@@H]1O. The molecule has 0 amide bonds. The van der Waals surface area contributed by atoms with Crippen molar-refractivity contribution in [2.75, 3.05) is 30.3 Å². The van der Waals surface area contributed by atoms with E-state index in [-0.39, 0.29) is 34.4 Å². The number of nitrogen functional groups attached to an aromatic ring is 1. The highest BCUT2D eigenvalue weighted by Crippen LogP contribution is 2.40. The molecule has 7 N–H and O–H groups in total. The van der Waals surface area contributed by atoms with Gasteiger partial charge in [0.1, 0.15) is 17.7 Å². The number of aliphatic hydroxyl groups is 3. The number of fused-ring (bicyclic) bond motifs is 1. The number of benzene rings is 1. The van der Waals surface area contributed by atoms with Gasteiger partial charge in [-0.15, -0.1) is 17.8 Å². The number of rotatable bonds is 9. The van der Waals surface area contributed by atoms with Gasteiger partial charge in [0.25, 0.3) is 0 Å². The van der Waals surface area contributed by atoms with Gasteiger partial charge in [0.05, 0.1) is 24.1 Å². The number of aliphatic hydroxyl groups excluding tert-OH is 2. The van der Waals surface area contributed by atoms with Gasteiger partial charge in [-0.3, -0.25) is 9.88 Å². The fourth-order valence-electron chi connectivity index (χ4n) is 5.58. The van der Waals surface area contributed by atoms with Gasteiger partial charge >= 0.3 is 5.97 Å². The number of ether oxygens (including phenoxy) is 2. The van der Waals surface area contributed by atoms with Crippen molar-refractivity contribution in [3.05, 3.63) is 58.0 Å². The highest BCUT2D eigenvalue weighted by Gasteiger charge is 2.57. The molecule has 0 bridgehead atoms. The summed E-state index contributed by atoms with van der Waals surface area (Å²) in [7, 11) is 0. The zero-order valence-electron chi connectivity index (χ0n) is 23.5. The van der Waals surface area contributed by atoms with E-state index in [0.717, 1.165) is 12.1 Å². The van der Waals surface area contributed by atoms with Crippen molar-refractivity contribution < 1.29 is 34.7 Å². The Morgan fingerprint density at radius 3 is 2.76 bits per heavy atom. The molecule has 2 fully saturated rings. The zero-order chi connectivity index (χ0) is 31.9. The molecular formula is C28H29ClN8O7S. The minimum atomic E-state index is -2.30. The summed E-state index contributed by atoms with van der Waals surface area (Å²) < 4.78 is 13.4. The molecule has 2 aliphatic rings. The molecule has 45 heavy (non-hydrogen) atoms. The standard InChI is InChI=1S/C28H29ClN8O7S/c1-2-27(42)18(44-23(20(27)38)37-13-32-19-21(30)34-25(29)35-22(19)37)11-43-28(24(39)40,17-12-45-14-33-17)10-15-4-6-16(7-5-15)36-9-3-8-31-26(36)41/h1,4-7,12-14,18,20,23,26,31,38,41-42H,3,8-11H2,(H,39,40)(H2,30,34,35)/t18-,20+,23-,26?,27-,28?/m1/s1. The lowest BCUT2D eigenvalue weighted by Gasteiger charge is -2.35. The van der Waals surface area contributed by atoms with E-state index in [1.165, 1.54) is 27.7 Å². The first-order chi connectivity index (χ1) is 21.6. The maximum atomic E-state index is 13.0. The molecule has 2 saturated heterocycles. The lowest BCUT2D eigenvalue weighted by molar-refractivity contribution is -0.179. The van der Waals surface area contributed by atoms with Gasteiger partial charge in [-0.2, -0.15) is 9.97 Å². The molecule has 1 aromatic carbocycles. The van der Waals surface area contributed by atoms with Gasteiger partial charge in [0.15, 0.2) is 29.6 Å². The summed E-state index contributed by atoms with van der Waals surface area (Å²) in [5.41, 5.74) is 4.85. The van der Waals surface area contributed by atoms with Crippen LogP contribution in [-0.2, 0) is 26.3 Å². The number of carboxylic acid groups (broad SMARTS) is 1. The number of terminal acetylenes is 1. The summed E-state index contributed by atoms with van der Waals surface area (Å²) in [6, 6.07) is 7.07. The lowest BCUT2D eigenvalue weighted by atomic mass is 9.90. The van der Waals surface area contributed by atoms with Crippen LogP contribution in [0.25, 0.3) is 11.2 Å². The summed E-state index contributed by atoms with van der Waals surface area (Å²) in [4.78, 5) is 31.2. The summed E-state index contributed by atoms with van der Waals surface area (Å²) in [6.45, 7) is 0.810. The monoisotopic (exact) mass is 656 g/mol. The van der Waals surface area contributed by atoms with Crippen LogP contribution in [0, 0.1) is 12.3 Å². The Balaban J connectivity index is 1.28. The van der Waals surface area contributed by atoms with Crippen LogP contribution in [0.5, 0.6) is 0 Å². The van der Waals surface area contributed by atoms with Crippen molar-refractivity contribution in [1.82, 2.24) is 29.8 Å². The normalized spacial score (nSPS) is 26.5. The maximum Gasteiger partial charge on any atom is 0.342 e. The third-order valence-electron chi connectivity index (χ3n) is 8.03.